The molecular weight excluding hydrogens is 302 g/mol. The van der Waals surface area contributed by atoms with Crippen LogP contribution >= 0.6 is 0 Å². The number of anilines is 1. The maximum absolute atomic E-state index is 12.7. The van der Waals surface area contributed by atoms with Crippen molar-refractivity contribution in [3.8, 4) is 0 Å². The van der Waals surface area contributed by atoms with Crippen LogP contribution in [0.15, 0.2) is 42.6 Å². The van der Waals surface area contributed by atoms with Gasteiger partial charge in [-0.1, -0.05) is 29.8 Å². The summed E-state index contributed by atoms with van der Waals surface area (Å²) in [5, 5.41) is 10.4. The molecule has 1 aromatic heterocycles. The van der Waals surface area contributed by atoms with Crippen LogP contribution in [0.3, 0.4) is 0 Å². The summed E-state index contributed by atoms with van der Waals surface area (Å²) in [5.41, 5.74) is 3.25. The van der Waals surface area contributed by atoms with E-state index in [4.69, 9.17) is 0 Å². The Hall–Kier alpha value is -2.40. The van der Waals surface area contributed by atoms with Gasteiger partial charge < -0.3 is 14.9 Å². The van der Waals surface area contributed by atoms with E-state index < -0.39 is 6.10 Å². The lowest BCUT2D eigenvalue weighted by Crippen LogP contribution is -2.35. The number of pyridine rings is 1. The zero-order valence-corrected chi connectivity index (χ0v) is 14.7. The first-order chi connectivity index (χ1) is 11.4. The van der Waals surface area contributed by atoms with E-state index in [2.05, 4.69) is 4.98 Å². The van der Waals surface area contributed by atoms with Gasteiger partial charge in [-0.05, 0) is 31.5 Å². The van der Waals surface area contributed by atoms with Gasteiger partial charge in [-0.2, -0.15) is 0 Å². The van der Waals surface area contributed by atoms with E-state index in [9.17, 15) is 9.90 Å². The molecule has 0 aliphatic carbocycles. The number of aryl methyl sites for hydroxylation is 1. The molecule has 0 aliphatic heterocycles. The molecule has 0 aliphatic rings. The molecule has 5 nitrogen and oxygen atoms in total. The molecule has 2 rings (SSSR count). The van der Waals surface area contributed by atoms with Crippen molar-refractivity contribution in [2.75, 3.05) is 32.1 Å². The van der Waals surface area contributed by atoms with Gasteiger partial charge in [0, 0.05) is 32.5 Å². The molecule has 0 bridgehead atoms. The van der Waals surface area contributed by atoms with Gasteiger partial charge in [-0.25, -0.2) is 0 Å². The fraction of sp³-hybridized carbons (Fsp3) is 0.368. The number of benzene rings is 1. The van der Waals surface area contributed by atoms with E-state index in [1.54, 1.807) is 17.2 Å². The number of aliphatic hydroxyl groups is 1. The van der Waals surface area contributed by atoms with Crippen LogP contribution in [-0.4, -0.2) is 48.1 Å². The molecular formula is C19H25N3O2. The normalized spacial score (nSPS) is 11.9. The number of aromatic nitrogens is 1. The van der Waals surface area contributed by atoms with Crippen molar-refractivity contribution in [3.05, 3.63) is 59.4 Å². The van der Waals surface area contributed by atoms with Gasteiger partial charge in [0.05, 0.1) is 12.6 Å². The van der Waals surface area contributed by atoms with Crippen molar-refractivity contribution in [2.45, 2.75) is 20.0 Å². The number of amides is 1. The number of hydrogen-bond donors (Lipinski definition) is 1. The number of carbonyl (C=O) groups excluding carboxylic acids is 1. The lowest BCUT2D eigenvalue weighted by molar-refractivity contribution is 0.0629. The number of carbonyl (C=O) groups is 1. The predicted octanol–water partition coefficient (Wildman–Crippen LogP) is 2.65. The largest absolute Gasteiger partial charge is 0.387 e. The smallest absolute Gasteiger partial charge is 0.272 e. The van der Waals surface area contributed by atoms with Crippen molar-refractivity contribution in [2.24, 2.45) is 0 Å². The van der Waals surface area contributed by atoms with Crippen molar-refractivity contribution in [1.82, 2.24) is 9.88 Å². The number of aliphatic hydroxyl groups excluding tert-OH is 1. The number of rotatable bonds is 6. The van der Waals surface area contributed by atoms with Crippen molar-refractivity contribution < 1.29 is 9.90 Å². The SMILES string of the molecule is CCN(C[C@H](O)c1ccc(C)cc1)C(=O)c1cc(N(C)C)ccn1. The Bertz CT molecular complexity index is 683. The first kappa shape index (κ1) is 17.9. The van der Waals surface area contributed by atoms with Gasteiger partial charge >= 0.3 is 0 Å². The van der Waals surface area contributed by atoms with E-state index in [0.717, 1.165) is 16.8 Å². The number of hydrogen-bond acceptors (Lipinski definition) is 4. The molecule has 1 aromatic carbocycles. The number of likely N-dealkylation sites (N-methyl/N-ethyl adjacent to an activating group) is 1. The minimum Gasteiger partial charge on any atom is -0.387 e. The van der Waals surface area contributed by atoms with Gasteiger partial charge in [-0.3, -0.25) is 9.78 Å². The maximum atomic E-state index is 12.7. The Kier molecular flexibility index (Phi) is 5.93. The topological polar surface area (TPSA) is 56.7 Å². The second-order valence-electron chi connectivity index (χ2n) is 6.06. The molecule has 0 spiro atoms. The molecule has 0 radical (unpaired) electrons. The second-order valence-corrected chi connectivity index (χ2v) is 6.06. The molecule has 1 atom stereocenters. The summed E-state index contributed by atoms with van der Waals surface area (Å²) in [6.07, 6.45) is 0.916. The summed E-state index contributed by atoms with van der Waals surface area (Å²) in [5.74, 6) is -0.174. The maximum Gasteiger partial charge on any atom is 0.272 e. The van der Waals surface area contributed by atoms with Gasteiger partial charge in [0.15, 0.2) is 0 Å². The van der Waals surface area contributed by atoms with E-state index in [-0.39, 0.29) is 12.5 Å². The highest BCUT2D eigenvalue weighted by Crippen LogP contribution is 2.17. The van der Waals surface area contributed by atoms with Crippen LogP contribution in [0.4, 0.5) is 5.69 Å². The van der Waals surface area contributed by atoms with Crippen molar-refractivity contribution in [3.63, 3.8) is 0 Å². The molecule has 0 saturated heterocycles. The average molecular weight is 327 g/mol. The van der Waals surface area contributed by atoms with E-state index in [0.29, 0.717) is 12.2 Å². The molecule has 1 heterocycles. The Balaban J connectivity index is 2.14. The first-order valence-electron chi connectivity index (χ1n) is 8.09. The Morgan fingerprint density at radius 1 is 1.21 bits per heavy atom. The summed E-state index contributed by atoms with van der Waals surface area (Å²) >= 11 is 0. The zero-order valence-electron chi connectivity index (χ0n) is 14.7. The second kappa shape index (κ2) is 7.93. The van der Waals surface area contributed by atoms with Gasteiger partial charge in [0.25, 0.3) is 5.91 Å². The van der Waals surface area contributed by atoms with Crippen LogP contribution in [0, 0.1) is 6.92 Å². The first-order valence-corrected chi connectivity index (χ1v) is 8.09. The molecule has 2 aromatic rings. The molecule has 128 valence electrons. The van der Waals surface area contributed by atoms with Crippen molar-refractivity contribution >= 4 is 11.6 Å². The Morgan fingerprint density at radius 3 is 2.46 bits per heavy atom. The van der Waals surface area contributed by atoms with Crippen molar-refractivity contribution in [1.29, 1.82) is 0 Å². The van der Waals surface area contributed by atoms with Crippen LogP contribution in [0.1, 0.15) is 34.6 Å². The highest BCUT2D eigenvalue weighted by Gasteiger charge is 2.20. The third kappa shape index (κ3) is 4.32. The average Bonchev–Trinajstić information content (AvgIpc) is 2.59. The van der Waals surface area contributed by atoms with Crippen LogP contribution in [0.5, 0.6) is 0 Å². The van der Waals surface area contributed by atoms with Crippen LogP contribution in [-0.2, 0) is 0 Å². The van der Waals surface area contributed by atoms with Crippen LogP contribution in [0.2, 0.25) is 0 Å². The highest BCUT2D eigenvalue weighted by atomic mass is 16.3. The minimum absolute atomic E-state index is 0.174. The molecule has 24 heavy (non-hydrogen) atoms. The molecule has 5 heteroatoms. The third-order valence-corrected chi connectivity index (χ3v) is 4.00. The Morgan fingerprint density at radius 2 is 1.88 bits per heavy atom. The van der Waals surface area contributed by atoms with E-state index >= 15 is 0 Å². The summed E-state index contributed by atoms with van der Waals surface area (Å²) in [4.78, 5) is 20.4. The Labute approximate surface area is 143 Å². The summed E-state index contributed by atoms with van der Waals surface area (Å²) in [6.45, 7) is 4.65. The molecule has 0 saturated carbocycles. The fourth-order valence-electron chi connectivity index (χ4n) is 2.43. The predicted molar refractivity (Wildman–Crippen MR) is 96.3 cm³/mol. The summed E-state index contributed by atoms with van der Waals surface area (Å²) in [7, 11) is 3.84. The monoisotopic (exact) mass is 327 g/mol. The summed E-state index contributed by atoms with van der Waals surface area (Å²) < 4.78 is 0. The third-order valence-electron chi connectivity index (χ3n) is 4.00. The number of nitrogens with zero attached hydrogens (tertiary/aromatic N) is 3. The lowest BCUT2D eigenvalue weighted by Gasteiger charge is -2.24. The van der Waals surface area contributed by atoms with Gasteiger partial charge in [0.2, 0.25) is 0 Å². The highest BCUT2D eigenvalue weighted by molar-refractivity contribution is 5.93. The summed E-state index contributed by atoms with van der Waals surface area (Å²) in [6, 6.07) is 11.3. The quantitative estimate of drug-likeness (QED) is 0.886. The van der Waals surface area contributed by atoms with Crippen LogP contribution < -0.4 is 4.90 Å². The van der Waals surface area contributed by atoms with Crippen LogP contribution in [0.25, 0.3) is 0 Å². The van der Waals surface area contributed by atoms with Gasteiger partial charge in [0.1, 0.15) is 5.69 Å². The lowest BCUT2D eigenvalue weighted by atomic mass is 10.1. The van der Waals surface area contributed by atoms with E-state index in [1.165, 1.54) is 0 Å². The fourth-order valence-corrected chi connectivity index (χ4v) is 2.43. The zero-order chi connectivity index (χ0) is 17.7. The van der Waals surface area contributed by atoms with E-state index in [1.807, 2.05) is 63.2 Å². The molecule has 0 unspecified atom stereocenters. The molecule has 1 amide bonds. The van der Waals surface area contributed by atoms with Gasteiger partial charge in [-0.15, -0.1) is 0 Å². The molecule has 0 fully saturated rings. The molecule has 1 N–H and O–H groups in total. The minimum atomic E-state index is -0.716. The standard InChI is InChI=1S/C19H25N3O2/c1-5-22(13-18(23)15-8-6-14(2)7-9-15)19(24)17-12-16(21(3)4)10-11-20-17/h6-12,18,23H,5,13H2,1-4H3/t18-/m0/s1.